The van der Waals surface area contributed by atoms with Crippen LogP contribution < -0.4 is 11.1 Å². The standard InChI is InChI=1S/C13H19ClN2O/c1-3-13(15,4-2)12(17)16-9-10-6-5-7-11(14)8-10/h5-8H,3-4,9,15H2,1-2H3,(H,16,17). The molecule has 0 saturated heterocycles. The molecule has 0 spiro atoms. The minimum Gasteiger partial charge on any atom is -0.350 e. The molecule has 0 aliphatic rings. The molecule has 0 radical (unpaired) electrons. The van der Waals surface area contributed by atoms with E-state index in [1.54, 1.807) is 6.07 Å². The van der Waals surface area contributed by atoms with Crippen LogP contribution >= 0.6 is 11.6 Å². The van der Waals surface area contributed by atoms with Crippen LogP contribution in [0.5, 0.6) is 0 Å². The molecule has 17 heavy (non-hydrogen) atoms. The Morgan fingerprint density at radius 1 is 1.41 bits per heavy atom. The van der Waals surface area contributed by atoms with Crippen LogP contribution in [0.15, 0.2) is 24.3 Å². The summed E-state index contributed by atoms with van der Waals surface area (Å²) in [7, 11) is 0. The maximum absolute atomic E-state index is 11.9. The maximum atomic E-state index is 11.9. The number of amides is 1. The van der Waals surface area contributed by atoms with E-state index in [-0.39, 0.29) is 5.91 Å². The fourth-order valence-electron chi connectivity index (χ4n) is 1.58. The second kappa shape index (κ2) is 6.03. The van der Waals surface area contributed by atoms with Crippen molar-refractivity contribution in [1.29, 1.82) is 0 Å². The van der Waals surface area contributed by atoms with Crippen LogP contribution in [0.25, 0.3) is 0 Å². The number of hydrogen-bond donors (Lipinski definition) is 2. The molecule has 0 aliphatic heterocycles. The van der Waals surface area contributed by atoms with Crippen molar-refractivity contribution >= 4 is 17.5 Å². The Kier molecular flexibility index (Phi) is 4.97. The van der Waals surface area contributed by atoms with Gasteiger partial charge >= 0.3 is 0 Å². The number of halogens is 1. The van der Waals surface area contributed by atoms with E-state index in [4.69, 9.17) is 17.3 Å². The van der Waals surface area contributed by atoms with Gasteiger partial charge in [0.15, 0.2) is 0 Å². The largest absolute Gasteiger partial charge is 0.350 e. The number of carbonyl (C=O) groups excluding carboxylic acids is 1. The molecule has 3 N–H and O–H groups in total. The summed E-state index contributed by atoms with van der Waals surface area (Å²) in [5, 5.41) is 3.51. The molecule has 0 saturated carbocycles. The Balaban J connectivity index is 2.59. The van der Waals surface area contributed by atoms with Gasteiger partial charge in [-0.05, 0) is 30.5 Å². The molecule has 0 heterocycles. The third-order valence-electron chi connectivity index (χ3n) is 3.06. The lowest BCUT2D eigenvalue weighted by Crippen LogP contribution is -2.52. The fraction of sp³-hybridized carbons (Fsp3) is 0.462. The number of hydrogen-bond acceptors (Lipinski definition) is 2. The Labute approximate surface area is 107 Å². The quantitative estimate of drug-likeness (QED) is 0.848. The molecule has 0 aliphatic carbocycles. The number of nitrogens with two attached hydrogens (primary N) is 1. The van der Waals surface area contributed by atoms with E-state index in [0.717, 1.165) is 5.56 Å². The molecule has 1 aromatic rings. The van der Waals surface area contributed by atoms with Crippen molar-refractivity contribution < 1.29 is 4.79 Å². The van der Waals surface area contributed by atoms with Crippen molar-refractivity contribution in [3.05, 3.63) is 34.9 Å². The zero-order valence-corrected chi connectivity index (χ0v) is 11.1. The molecule has 1 aromatic carbocycles. The highest BCUT2D eigenvalue weighted by Gasteiger charge is 2.29. The predicted octanol–water partition coefficient (Wildman–Crippen LogP) is 2.47. The summed E-state index contributed by atoms with van der Waals surface area (Å²) in [5.74, 6) is -0.109. The third kappa shape index (κ3) is 3.72. The van der Waals surface area contributed by atoms with Crippen LogP contribution in [-0.4, -0.2) is 11.4 Å². The van der Waals surface area contributed by atoms with Crippen molar-refractivity contribution in [2.75, 3.05) is 0 Å². The normalized spacial score (nSPS) is 11.3. The van der Waals surface area contributed by atoms with Gasteiger partial charge in [0.1, 0.15) is 0 Å². The Morgan fingerprint density at radius 2 is 2.06 bits per heavy atom. The van der Waals surface area contributed by atoms with E-state index in [9.17, 15) is 4.79 Å². The summed E-state index contributed by atoms with van der Waals surface area (Å²) in [4.78, 5) is 11.9. The molecule has 0 aromatic heterocycles. The van der Waals surface area contributed by atoms with Crippen LogP contribution in [0.4, 0.5) is 0 Å². The molecule has 0 fully saturated rings. The van der Waals surface area contributed by atoms with Crippen LogP contribution in [0.1, 0.15) is 32.3 Å². The highest BCUT2D eigenvalue weighted by molar-refractivity contribution is 6.30. The Morgan fingerprint density at radius 3 is 2.59 bits per heavy atom. The van der Waals surface area contributed by atoms with Crippen molar-refractivity contribution in [2.45, 2.75) is 38.8 Å². The van der Waals surface area contributed by atoms with E-state index in [1.165, 1.54) is 0 Å². The summed E-state index contributed by atoms with van der Waals surface area (Å²) >= 11 is 5.87. The van der Waals surface area contributed by atoms with Gasteiger partial charge in [0, 0.05) is 11.6 Å². The van der Waals surface area contributed by atoms with E-state index in [2.05, 4.69) is 5.32 Å². The number of rotatable bonds is 5. The van der Waals surface area contributed by atoms with Gasteiger partial charge in [-0.1, -0.05) is 37.6 Å². The smallest absolute Gasteiger partial charge is 0.240 e. The summed E-state index contributed by atoms with van der Waals surface area (Å²) in [6.45, 7) is 4.29. The highest BCUT2D eigenvalue weighted by atomic mass is 35.5. The van der Waals surface area contributed by atoms with E-state index in [1.807, 2.05) is 32.0 Å². The molecule has 0 atom stereocenters. The van der Waals surface area contributed by atoms with Gasteiger partial charge in [-0.15, -0.1) is 0 Å². The lowest BCUT2D eigenvalue weighted by Gasteiger charge is -2.25. The molecule has 0 bridgehead atoms. The van der Waals surface area contributed by atoms with Crippen LogP contribution in [0.3, 0.4) is 0 Å². The van der Waals surface area contributed by atoms with E-state index >= 15 is 0 Å². The summed E-state index contributed by atoms with van der Waals surface area (Å²) in [6.07, 6.45) is 1.26. The van der Waals surface area contributed by atoms with Crippen LogP contribution in [-0.2, 0) is 11.3 Å². The molecule has 1 amide bonds. The number of benzene rings is 1. The van der Waals surface area contributed by atoms with Gasteiger partial charge in [-0.3, -0.25) is 4.79 Å². The minimum atomic E-state index is -0.765. The zero-order chi connectivity index (χ0) is 12.9. The first-order valence-electron chi connectivity index (χ1n) is 5.83. The van der Waals surface area contributed by atoms with Crippen molar-refractivity contribution in [2.24, 2.45) is 5.73 Å². The lowest BCUT2D eigenvalue weighted by atomic mass is 9.93. The van der Waals surface area contributed by atoms with Crippen molar-refractivity contribution in [1.82, 2.24) is 5.32 Å². The molecule has 1 rings (SSSR count). The molecule has 0 unspecified atom stereocenters. The minimum absolute atomic E-state index is 0.109. The molecule has 3 nitrogen and oxygen atoms in total. The number of nitrogens with one attached hydrogen (secondary N) is 1. The van der Waals surface area contributed by atoms with E-state index in [0.29, 0.717) is 24.4 Å². The van der Waals surface area contributed by atoms with E-state index < -0.39 is 5.54 Å². The first kappa shape index (κ1) is 14.0. The first-order valence-corrected chi connectivity index (χ1v) is 6.21. The van der Waals surface area contributed by atoms with Gasteiger partial charge in [0.05, 0.1) is 5.54 Å². The summed E-state index contributed by atoms with van der Waals surface area (Å²) < 4.78 is 0. The molecular formula is C13H19ClN2O. The zero-order valence-electron chi connectivity index (χ0n) is 10.3. The predicted molar refractivity (Wildman–Crippen MR) is 70.8 cm³/mol. The topological polar surface area (TPSA) is 55.1 Å². The highest BCUT2D eigenvalue weighted by Crippen LogP contribution is 2.13. The van der Waals surface area contributed by atoms with Gasteiger partial charge in [0.25, 0.3) is 0 Å². The van der Waals surface area contributed by atoms with Gasteiger partial charge in [0.2, 0.25) is 5.91 Å². The van der Waals surface area contributed by atoms with Gasteiger partial charge < -0.3 is 11.1 Å². The lowest BCUT2D eigenvalue weighted by molar-refractivity contribution is -0.126. The fourth-order valence-corrected chi connectivity index (χ4v) is 1.79. The average Bonchev–Trinajstić information content (AvgIpc) is 2.35. The van der Waals surface area contributed by atoms with Gasteiger partial charge in [-0.2, -0.15) is 0 Å². The number of carbonyl (C=O) groups is 1. The molecule has 94 valence electrons. The van der Waals surface area contributed by atoms with Crippen molar-refractivity contribution in [3.8, 4) is 0 Å². The average molecular weight is 255 g/mol. The monoisotopic (exact) mass is 254 g/mol. The Bertz CT molecular complexity index is 389. The second-order valence-electron chi connectivity index (χ2n) is 4.18. The third-order valence-corrected chi connectivity index (χ3v) is 3.29. The maximum Gasteiger partial charge on any atom is 0.240 e. The van der Waals surface area contributed by atoms with Crippen LogP contribution in [0, 0.1) is 0 Å². The van der Waals surface area contributed by atoms with Crippen molar-refractivity contribution in [3.63, 3.8) is 0 Å². The molecular weight excluding hydrogens is 236 g/mol. The van der Waals surface area contributed by atoms with Crippen LogP contribution in [0.2, 0.25) is 5.02 Å². The van der Waals surface area contributed by atoms with Gasteiger partial charge in [-0.25, -0.2) is 0 Å². The second-order valence-corrected chi connectivity index (χ2v) is 4.61. The summed E-state index contributed by atoms with van der Waals surface area (Å²) in [5.41, 5.74) is 6.20. The SMILES string of the molecule is CCC(N)(CC)C(=O)NCc1cccc(Cl)c1. The molecule has 4 heteroatoms. The summed E-state index contributed by atoms with van der Waals surface area (Å²) in [6, 6.07) is 7.41. The Hall–Kier alpha value is -1.06. The first-order chi connectivity index (χ1) is 8.01.